The van der Waals surface area contributed by atoms with Crippen LogP contribution in [0.25, 0.3) is 21.9 Å². The molecule has 0 unspecified atom stereocenters. The first-order valence-electron chi connectivity index (χ1n) is 13.2. The first-order chi connectivity index (χ1) is 18.5. The molecule has 198 valence electrons. The highest BCUT2D eigenvalue weighted by Crippen LogP contribution is 2.31. The lowest BCUT2D eigenvalue weighted by Crippen LogP contribution is -2.32. The summed E-state index contributed by atoms with van der Waals surface area (Å²) in [6.45, 7) is 3.05. The van der Waals surface area contributed by atoms with Gasteiger partial charge in [0, 0.05) is 30.8 Å². The van der Waals surface area contributed by atoms with Crippen molar-refractivity contribution in [2.75, 3.05) is 20.2 Å². The van der Waals surface area contributed by atoms with E-state index in [0.29, 0.717) is 71.2 Å². The number of nitrogens with one attached hydrogen (secondary N) is 2. The van der Waals surface area contributed by atoms with Crippen LogP contribution in [0.15, 0.2) is 57.9 Å². The summed E-state index contributed by atoms with van der Waals surface area (Å²) in [5.41, 5.74) is 2.48. The smallest absolute Gasteiger partial charge is 0.220 e. The zero-order valence-electron chi connectivity index (χ0n) is 21.8. The van der Waals surface area contributed by atoms with Crippen molar-refractivity contribution >= 4 is 27.8 Å². The van der Waals surface area contributed by atoms with Crippen LogP contribution in [-0.4, -0.2) is 37.1 Å². The summed E-state index contributed by atoms with van der Waals surface area (Å²) in [6, 6.07) is 12.9. The lowest BCUT2D eigenvalue weighted by atomic mass is 10.1. The molecule has 38 heavy (non-hydrogen) atoms. The molecule has 4 aromatic rings. The van der Waals surface area contributed by atoms with Crippen molar-refractivity contribution in [2.24, 2.45) is 0 Å². The lowest BCUT2D eigenvalue weighted by molar-refractivity contribution is -0.121. The van der Waals surface area contributed by atoms with Crippen LogP contribution in [0.5, 0.6) is 17.2 Å². The van der Waals surface area contributed by atoms with Gasteiger partial charge in [-0.2, -0.15) is 0 Å². The van der Waals surface area contributed by atoms with Gasteiger partial charge in [0.25, 0.3) is 0 Å². The summed E-state index contributed by atoms with van der Waals surface area (Å²) in [5.74, 6) is 1.70. The van der Waals surface area contributed by atoms with Crippen molar-refractivity contribution in [2.45, 2.75) is 51.5 Å². The molecule has 2 N–H and O–H groups in total. The molecule has 1 fully saturated rings. The molecule has 0 saturated heterocycles. The first-order valence-corrected chi connectivity index (χ1v) is 13.2. The third-order valence-corrected chi connectivity index (χ3v) is 6.82. The maximum absolute atomic E-state index is 13.2. The van der Waals surface area contributed by atoms with E-state index in [1.54, 1.807) is 24.4 Å². The first kappa shape index (κ1) is 25.7. The van der Waals surface area contributed by atoms with Crippen molar-refractivity contribution in [1.82, 2.24) is 15.6 Å². The molecule has 1 amide bonds. The maximum Gasteiger partial charge on any atom is 0.220 e. The van der Waals surface area contributed by atoms with E-state index >= 15 is 0 Å². The van der Waals surface area contributed by atoms with Crippen molar-refractivity contribution in [3.63, 3.8) is 0 Å². The molecule has 8 heteroatoms. The van der Waals surface area contributed by atoms with E-state index < -0.39 is 0 Å². The Bertz CT molecular complexity index is 1490. The van der Waals surface area contributed by atoms with Gasteiger partial charge in [-0.05, 0) is 75.2 Å². The number of hydrogen-bond donors (Lipinski definition) is 2. The summed E-state index contributed by atoms with van der Waals surface area (Å²) in [5, 5.41) is 7.11. The number of aromatic nitrogens is 1. The number of rotatable bonds is 10. The summed E-state index contributed by atoms with van der Waals surface area (Å²) in [4.78, 5) is 29.9. The fraction of sp³-hybridized carbons (Fsp3) is 0.367. The fourth-order valence-corrected chi connectivity index (χ4v) is 4.84. The average Bonchev–Trinajstić information content (AvgIpc) is 3.42. The molecule has 0 bridgehead atoms. The molecule has 0 radical (unpaired) electrons. The van der Waals surface area contributed by atoms with Gasteiger partial charge in [-0.25, -0.2) is 0 Å². The highest BCUT2D eigenvalue weighted by molar-refractivity contribution is 5.93. The van der Waals surface area contributed by atoms with E-state index in [1.165, 1.54) is 12.8 Å². The van der Waals surface area contributed by atoms with E-state index in [0.717, 1.165) is 24.1 Å². The zero-order valence-corrected chi connectivity index (χ0v) is 21.8. The van der Waals surface area contributed by atoms with Gasteiger partial charge in [-0.3, -0.25) is 14.6 Å². The third kappa shape index (κ3) is 5.97. The van der Waals surface area contributed by atoms with Gasteiger partial charge < -0.3 is 24.5 Å². The molecular formula is C30H33N3O5. The van der Waals surface area contributed by atoms with Crippen molar-refractivity contribution in [3.8, 4) is 17.2 Å². The molecule has 0 atom stereocenters. The normalized spacial score (nSPS) is 13.7. The van der Waals surface area contributed by atoms with E-state index in [4.69, 9.17) is 13.9 Å². The molecule has 1 saturated carbocycles. The predicted molar refractivity (Wildman–Crippen MR) is 147 cm³/mol. The lowest BCUT2D eigenvalue weighted by Gasteiger charge is -2.12. The monoisotopic (exact) mass is 515 g/mol. The second-order valence-corrected chi connectivity index (χ2v) is 9.82. The fourth-order valence-electron chi connectivity index (χ4n) is 4.84. The summed E-state index contributed by atoms with van der Waals surface area (Å²) in [6.07, 6.45) is 7.18. The van der Waals surface area contributed by atoms with Crippen molar-refractivity contribution in [1.29, 1.82) is 0 Å². The number of ether oxygens (including phenoxy) is 2. The Morgan fingerprint density at radius 3 is 2.66 bits per heavy atom. The highest BCUT2D eigenvalue weighted by atomic mass is 16.5. The SMILES string of the molecule is CNCCOc1cc(C)cc2c(=O)c3ccc(Oc4ccc(CCC(=O)NC5CCCC5)nc4)cc3oc12. The van der Waals surface area contributed by atoms with Gasteiger partial charge in [-0.15, -0.1) is 0 Å². The molecule has 2 heterocycles. The second-order valence-electron chi connectivity index (χ2n) is 9.82. The Balaban J connectivity index is 1.30. The van der Waals surface area contributed by atoms with Gasteiger partial charge in [0.15, 0.2) is 11.3 Å². The van der Waals surface area contributed by atoms with Gasteiger partial charge in [0.1, 0.15) is 23.7 Å². The number of pyridine rings is 1. The quantitative estimate of drug-likeness (QED) is 0.226. The minimum absolute atomic E-state index is 0.0787. The molecule has 5 rings (SSSR count). The molecule has 2 aromatic heterocycles. The van der Waals surface area contributed by atoms with Gasteiger partial charge in [0.05, 0.1) is 17.0 Å². The van der Waals surface area contributed by atoms with Crippen LogP contribution in [-0.2, 0) is 11.2 Å². The summed E-state index contributed by atoms with van der Waals surface area (Å²) >= 11 is 0. The van der Waals surface area contributed by atoms with E-state index in [-0.39, 0.29) is 11.3 Å². The second kappa shape index (κ2) is 11.6. The van der Waals surface area contributed by atoms with Crippen molar-refractivity contribution < 1.29 is 18.7 Å². The maximum atomic E-state index is 13.2. The van der Waals surface area contributed by atoms with Crippen LogP contribution >= 0.6 is 0 Å². The predicted octanol–water partition coefficient (Wildman–Crippen LogP) is 5.03. The number of amides is 1. The largest absolute Gasteiger partial charge is 0.488 e. The number of fused-ring (bicyclic) bond motifs is 2. The van der Waals surface area contributed by atoms with E-state index in [9.17, 15) is 9.59 Å². The minimum Gasteiger partial charge on any atom is -0.488 e. The van der Waals surface area contributed by atoms with Gasteiger partial charge >= 0.3 is 0 Å². The van der Waals surface area contributed by atoms with Gasteiger partial charge in [-0.1, -0.05) is 12.8 Å². The van der Waals surface area contributed by atoms with E-state index in [1.807, 2.05) is 38.2 Å². The number of hydrogen-bond acceptors (Lipinski definition) is 7. The Labute approximate surface area is 221 Å². The van der Waals surface area contributed by atoms with Crippen LogP contribution in [0.2, 0.25) is 0 Å². The molecule has 1 aliphatic carbocycles. The highest BCUT2D eigenvalue weighted by Gasteiger charge is 2.17. The molecule has 1 aliphatic rings. The minimum atomic E-state index is -0.113. The Kier molecular flexibility index (Phi) is 7.89. The van der Waals surface area contributed by atoms with Crippen LogP contribution < -0.4 is 25.5 Å². The molecular weight excluding hydrogens is 482 g/mol. The Hall–Kier alpha value is -3.91. The Morgan fingerprint density at radius 1 is 1.08 bits per heavy atom. The zero-order chi connectivity index (χ0) is 26.5. The molecule has 0 aliphatic heterocycles. The average molecular weight is 516 g/mol. The molecule has 0 spiro atoms. The molecule has 2 aromatic carbocycles. The van der Waals surface area contributed by atoms with Crippen LogP contribution in [0.4, 0.5) is 0 Å². The standard InChI is InChI=1S/C30H33N3O5/c1-19-15-25-29(35)24-11-10-22(17-26(24)38-30(25)27(16-19)36-14-13-31-2)37-23-9-7-20(32-18-23)8-12-28(34)33-21-5-3-4-6-21/h7,9-11,15-18,21,31H,3-6,8,12-14H2,1-2H3,(H,33,34). The third-order valence-electron chi connectivity index (χ3n) is 6.82. The number of carbonyl (C=O) groups excluding carboxylic acids is 1. The van der Waals surface area contributed by atoms with E-state index in [2.05, 4.69) is 15.6 Å². The van der Waals surface area contributed by atoms with Gasteiger partial charge in [0.2, 0.25) is 11.3 Å². The van der Waals surface area contributed by atoms with Crippen LogP contribution in [0.1, 0.15) is 43.4 Å². The van der Waals surface area contributed by atoms with Crippen LogP contribution in [0.3, 0.4) is 0 Å². The van der Waals surface area contributed by atoms with Crippen LogP contribution in [0, 0.1) is 6.92 Å². The number of benzene rings is 2. The number of nitrogens with zero attached hydrogens (tertiary/aromatic N) is 1. The molecule has 8 nitrogen and oxygen atoms in total. The number of likely N-dealkylation sites (N-methyl/N-ethyl adjacent to an activating group) is 1. The topological polar surface area (TPSA) is 103 Å². The summed E-state index contributed by atoms with van der Waals surface area (Å²) in [7, 11) is 1.85. The van der Waals surface area contributed by atoms with Crippen molar-refractivity contribution in [3.05, 3.63) is 70.1 Å². The number of aryl methyl sites for hydroxylation is 2. The summed E-state index contributed by atoms with van der Waals surface area (Å²) < 4.78 is 18.0. The Morgan fingerprint density at radius 2 is 1.89 bits per heavy atom. The number of carbonyl (C=O) groups is 1.